The highest BCUT2D eigenvalue weighted by atomic mass is 79.9. The normalized spacial score (nSPS) is 14.8. The first-order chi connectivity index (χ1) is 12.2. The maximum absolute atomic E-state index is 10.5. The molecule has 0 radical (unpaired) electrons. The molecular weight excluding hydrogens is 384 g/mol. The van der Waals surface area contributed by atoms with Crippen LogP contribution in [-0.2, 0) is 4.84 Å². The summed E-state index contributed by atoms with van der Waals surface area (Å²) in [5.41, 5.74) is 9.69. The van der Waals surface area contributed by atoms with Crippen molar-refractivity contribution in [1.82, 2.24) is 4.98 Å². The number of nitrogens with two attached hydrogens (primary N) is 1. The summed E-state index contributed by atoms with van der Waals surface area (Å²) in [4.78, 5) is 13.0. The lowest BCUT2D eigenvalue weighted by Crippen LogP contribution is -2.15. The number of hydrogen-bond donors (Lipinski definition) is 3. The topological polar surface area (TPSA) is 96.0 Å². The number of nitrogens with zero attached hydrogens (tertiary/aromatic N) is 2. The molecular formula is C18H15BrN4O2. The number of aromatic hydroxyl groups is 1. The van der Waals surface area contributed by atoms with E-state index in [-0.39, 0.29) is 5.88 Å². The van der Waals surface area contributed by atoms with Gasteiger partial charge in [-0.2, -0.15) is 0 Å². The Hall–Kier alpha value is -2.64. The Morgan fingerprint density at radius 2 is 2.08 bits per heavy atom. The third-order valence-electron chi connectivity index (χ3n) is 3.96. The van der Waals surface area contributed by atoms with Crippen LogP contribution in [0.15, 0.2) is 57.1 Å². The van der Waals surface area contributed by atoms with Gasteiger partial charge in [0.1, 0.15) is 18.0 Å². The van der Waals surface area contributed by atoms with E-state index in [0.29, 0.717) is 30.1 Å². The Labute approximate surface area is 152 Å². The molecule has 3 aromatic rings. The first-order valence-corrected chi connectivity index (χ1v) is 8.57. The van der Waals surface area contributed by atoms with Gasteiger partial charge >= 0.3 is 0 Å². The van der Waals surface area contributed by atoms with Crippen LogP contribution in [0.1, 0.15) is 11.1 Å². The number of oxime groups is 1. The number of nitrogens with one attached hydrogen (secondary N) is 1. The van der Waals surface area contributed by atoms with E-state index in [2.05, 4.69) is 31.1 Å². The third-order valence-corrected chi connectivity index (χ3v) is 4.45. The monoisotopic (exact) mass is 398 g/mol. The number of benzene rings is 2. The van der Waals surface area contributed by atoms with Crippen LogP contribution >= 0.6 is 15.9 Å². The van der Waals surface area contributed by atoms with Crippen LogP contribution in [0.4, 0.5) is 5.69 Å². The fraction of sp³-hybridized carbons (Fsp3) is 0.111. The van der Waals surface area contributed by atoms with Crippen molar-refractivity contribution in [3.8, 4) is 5.88 Å². The summed E-state index contributed by atoms with van der Waals surface area (Å²) in [7, 11) is 0. The first kappa shape index (κ1) is 15.9. The van der Waals surface area contributed by atoms with Crippen molar-refractivity contribution in [2.75, 3.05) is 13.2 Å². The van der Waals surface area contributed by atoms with E-state index in [4.69, 9.17) is 10.6 Å². The van der Waals surface area contributed by atoms with Crippen LogP contribution in [0.5, 0.6) is 5.88 Å². The lowest BCUT2D eigenvalue weighted by molar-refractivity contribution is 0.153. The highest BCUT2D eigenvalue weighted by molar-refractivity contribution is 9.10. The van der Waals surface area contributed by atoms with Crippen molar-refractivity contribution < 1.29 is 9.94 Å². The number of aromatic amines is 1. The fourth-order valence-electron chi connectivity index (χ4n) is 2.89. The van der Waals surface area contributed by atoms with Gasteiger partial charge in [-0.3, -0.25) is 0 Å². The molecule has 0 saturated carbocycles. The fourth-order valence-corrected chi connectivity index (χ4v) is 3.25. The smallest absolute Gasteiger partial charge is 0.199 e. The van der Waals surface area contributed by atoms with Gasteiger partial charge in [0.15, 0.2) is 5.88 Å². The summed E-state index contributed by atoms with van der Waals surface area (Å²) in [5, 5.41) is 15.6. The van der Waals surface area contributed by atoms with Crippen molar-refractivity contribution in [2.45, 2.75) is 0 Å². The first-order valence-electron chi connectivity index (χ1n) is 7.78. The van der Waals surface area contributed by atoms with E-state index in [1.54, 1.807) is 0 Å². The van der Waals surface area contributed by atoms with Crippen LogP contribution in [0.2, 0.25) is 0 Å². The number of aromatic nitrogens is 1. The highest BCUT2D eigenvalue weighted by Crippen LogP contribution is 2.36. The molecule has 0 amide bonds. The van der Waals surface area contributed by atoms with E-state index < -0.39 is 0 Å². The number of aliphatic imine (C=N–C) groups is 1. The molecule has 7 heteroatoms. The Morgan fingerprint density at radius 1 is 1.24 bits per heavy atom. The van der Waals surface area contributed by atoms with E-state index in [0.717, 1.165) is 26.6 Å². The molecule has 2 heterocycles. The van der Waals surface area contributed by atoms with Crippen molar-refractivity contribution >= 4 is 43.9 Å². The lowest BCUT2D eigenvalue weighted by Gasteiger charge is -2.05. The number of H-pyrrole nitrogens is 1. The van der Waals surface area contributed by atoms with Gasteiger partial charge in [-0.25, -0.2) is 4.99 Å². The van der Waals surface area contributed by atoms with Crippen molar-refractivity contribution in [3.63, 3.8) is 0 Å². The number of fused-ring (bicyclic) bond motifs is 2. The number of hydrogen-bond acceptors (Lipinski definition) is 5. The molecule has 0 fully saturated rings. The van der Waals surface area contributed by atoms with Gasteiger partial charge in [-0.05, 0) is 24.3 Å². The Balaban J connectivity index is 1.91. The van der Waals surface area contributed by atoms with E-state index in [1.165, 1.54) is 0 Å². The highest BCUT2D eigenvalue weighted by Gasteiger charge is 2.29. The summed E-state index contributed by atoms with van der Waals surface area (Å²) in [6, 6.07) is 13.4. The molecule has 2 aromatic carbocycles. The van der Waals surface area contributed by atoms with Gasteiger partial charge in [0.05, 0.1) is 11.3 Å². The summed E-state index contributed by atoms with van der Waals surface area (Å²) in [6.07, 6.45) is 0. The Morgan fingerprint density at radius 3 is 2.92 bits per heavy atom. The van der Waals surface area contributed by atoms with Gasteiger partial charge in [0.25, 0.3) is 0 Å². The van der Waals surface area contributed by atoms with Crippen LogP contribution in [0.25, 0.3) is 10.9 Å². The van der Waals surface area contributed by atoms with Crippen molar-refractivity contribution in [1.29, 1.82) is 0 Å². The SMILES string of the molecule is NCCO/N=C1/C(c2c(O)[nH]c3ccc(Br)cc23)=Nc2ccccc21. The Kier molecular flexibility index (Phi) is 4.03. The molecule has 4 rings (SSSR count). The molecule has 0 atom stereocenters. The molecule has 126 valence electrons. The standard InChI is InChI=1S/C18H15BrN4O2/c19-10-5-6-14-12(9-10)15(18(24)22-14)17-16(23-25-8-7-20)11-3-1-2-4-13(11)21-17/h1-6,9,22,24H,7-8,20H2/b23-16+. The second-order valence-electron chi connectivity index (χ2n) is 5.58. The van der Waals surface area contributed by atoms with Crippen molar-refractivity contribution in [2.24, 2.45) is 15.9 Å². The average molecular weight is 399 g/mol. The van der Waals surface area contributed by atoms with Crippen molar-refractivity contribution in [3.05, 3.63) is 58.1 Å². The minimum Gasteiger partial charge on any atom is -0.494 e. The van der Waals surface area contributed by atoms with Gasteiger partial charge in [0, 0.05) is 27.5 Å². The van der Waals surface area contributed by atoms with Gasteiger partial charge in [0.2, 0.25) is 0 Å². The molecule has 25 heavy (non-hydrogen) atoms. The number of para-hydroxylation sites is 1. The lowest BCUT2D eigenvalue weighted by atomic mass is 10.0. The molecule has 0 unspecified atom stereocenters. The van der Waals surface area contributed by atoms with Crippen LogP contribution in [-0.4, -0.2) is 34.7 Å². The summed E-state index contributed by atoms with van der Waals surface area (Å²) < 4.78 is 0.911. The molecule has 0 bridgehead atoms. The maximum atomic E-state index is 10.5. The maximum Gasteiger partial charge on any atom is 0.199 e. The second-order valence-corrected chi connectivity index (χ2v) is 6.49. The minimum atomic E-state index is 0.0474. The van der Waals surface area contributed by atoms with Crippen LogP contribution < -0.4 is 5.73 Å². The van der Waals surface area contributed by atoms with Gasteiger partial charge in [-0.1, -0.05) is 39.3 Å². The molecule has 1 aliphatic heterocycles. The van der Waals surface area contributed by atoms with Crippen LogP contribution in [0, 0.1) is 0 Å². The van der Waals surface area contributed by atoms with Gasteiger partial charge in [-0.15, -0.1) is 0 Å². The molecule has 6 nitrogen and oxygen atoms in total. The quantitative estimate of drug-likeness (QED) is 0.463. The predicted molar refractivity (Wildman–Crippen MR) is 102 cm³/mol. The predicted octanol–water partition coefficient (Wildman–Crippen LogP) is 3.45. The summed E-state index contributed by atoms with van der Waals surface area (Å²) >= 11 is 3.47. The van der Waals surface area contributed by atoms with Gasteiger partial charge < -0.3 is 20.7 Å². The zero-order valence-corrected chi connectivity index (χ0v) is 14.7. The number of rotatable bonds is 4. The van der Waals surface area contributed by atoms with E-state index in [9.17, 15) is 5.11 Å². The third kappa shape index (κ3) is 2.71. The molecule has 1 aromatic heterocycles. The van der Waals surface area contributed by atoms with E-state index in [1.807, 2.05) is 42.5 Å². The largest absolute Gasteiger partial charge is 0.494 e. The van der Waals surface area contributed by atoms with Crippen LogP contribution in [0.3, 0.4) is 0 Å². The van der Waals surface area contributed by atoms with E-state index >= 15 is 0 Å². The molecule has 0 saturated heterocycles. The zero-order chi connectivity index (χ0) is 17.4. The summed E-state index contributed by atoms with van der Waals surface area (Å²) in [6.45, 7) is 0.681. The minimum absolute atomic E-state index is 0.0474. The average Bonchev–Trinajstić information content (AvgIpc) is 3.11. The molecule has 1 aliphatic rings. The zero-order valence-electron chi connectivity index (χ0n) is 13.2. The second kappa shape index (κ2) is 6.34. The Bertz CT molecular complexity index is 1020. The molecule has 4 N–H and O–H groups in total. The molecule has 0 spiro atoms. The molecule has 0 aliphatic carbocycles. The number of halogens is 1. The summed E-state index contributed by atoms with van der Waals surface area (Å²) in [5.74, 6) is 0.0474.